The number of ether oxygens (including phenoxy) is 1. The summed E-state index contributed by atoms with van der Waals surface area (Å²) < 4.78 is 5.77. The lowest BCUT2D eigenvalue weighted by atomic mass is 9.91. The van der Waals surface area contributed by atoms with Gasteiger partial charge in [-0.05, 0) is 37.0 Å². The fraction of sp³-hybridized carbons (Fsp3) is 0.391. The molecule has 6 heteroatoms. The summed E-state index contributed by atoms with van der Waals surface area (Å²) in [7, 11) is 0. The van der Waals surface area contributed by atoms with Gasteiger partial charge in [0.15, 0.2) is 0 Å². The Hall–Kier alpha value is -2.86. The molecule has 3 amide bonds. The number of aliphatic hydroxyl groups excluding tert-OH is 1. The molecule has 1 fully saturated rings. The van der Waals surface area contributed by atoms with E-state index in [9.17, 15) is 14.7 Å². The first-order valence-corrected chi connectivity index (χ1v) is 9.83. The highest BCUT2D eigenvalue weighted by atomic mass is 16.5. The lowest BCUT2D eigenvalue weighted by molar-refractivity contribution is -0.132. The molecule has 1 saturated heterocycles. The van der Waals surface area contributed by atoms with Gasteiger partial charge in [0.1, 0.15) is 24.0 Å². The lowest BCUT2D eigenvalue weighted by Crippen LogP contribution is -2.42. The van der Waals surface area contributed by atoms with E-state index < -0.39 is 17.7 Å². The maximum absolute atomic E-state index is 13.0. The molecule has 0 spiro atoms. The molecule has 1 aliphatic heterocycles. The minimum atomic E-state index is -1.14. The third kappa shape index (κ3) is 4.27. The number of aryl methyl sites for hydroxylation is 1. The number of β-amino-alcohol motifs (C(OH)–C–C–N with tert-alkyl or cyclic N) is 1. The Balaban J connectivity index is 1.66. The third-order valence-corrected chi connectivity index (χ3v) is 5.27. The number of carbonyl (C=O) groups excluding carboxylic acids is 2. The van der Waals surface area contributed by atoms with Gasteiger partial charge in [0.25, 0.3) is 5.91 Å². The number of hydrogen-bond acceptors (Lipinski definition) is 4. The molecule has 0 saturated carbocycles. The molecule has 2 aromatic carbocycles. The summed E-state index contributed by atoms with van der Waals surface area (Å²) in [4.78, 5) is 26.5. The minimum Gasteiger partial charge on any atom is -0.491 e. The largest absolute Gasteiger partial charge is 0.491 e. The Bertz CT molecular complexity index is 894. The molecule has 6 nitrogen and oxygen atoms in total. The van der Waals surface area contributed by atoms with Crippen LogP contribution in [0.2, 0.25) is 0 Å². The second kappa shape index (κ2) is 8.25. The van der Waals surface area contributed by atoms with E-state index in [0.717, 1.165) is 16.0 Å². The van der Waals surface area contributed by atoms with Crippen molar-refractivity contribution in [1.29, 1.82) is 0 Å². The van der Waals surface area contributed by atoms with Gasteiger partial charge in [-0.15, -0.1) is 0 Å². The van der Waals surface area contributed by atoms with Crippen molar-refractivity contribution in [2.45, 2.75) is 45.3 Å². The van der Waals surface area contributed by atoms with Gasteiger partial charge < -0.3 is 15.2 Å². The van der Waals surface area contributed by atoms with E-state index in [4.69, 9.17) is 4.74 Å². The van der Waals surface area contributed by atoms with Crippen molar-refractivity contribution in [2.75, 3.05) is 13.2 Å². The van der Waals surface area contributed by atoms with E-state index in [2.05, 4.69) is 19.2 Å². The number of carbonyl (C=O) groups is 2. The maximum atomic E-state index is 13.0. The normalized spacial score (nSPS) is 20.1. The predicted octanol–water partition coefficient (Wildman–Crippen LogP) is 3.33. The third-order valence-electron chi connectivity index (χ3n) is 5.27. The summed E-state index contributed by atoms with van der Waals surface area (Å²) in [6, 6.07) is 14.6. The van der Waals surface area contributed by atoms with Gasteiger partial charge in [-0.25, -0.2) is 4.79 Å². The van der Waals surface area contributed by atoms with Crippen molar-refractivity contribution in [2.24, 2.45) is 0 Å². The molecular formula is C23H28N2O4. The molecule has 29 heavy (non-hydrogen) atoms. The second-order valence-electron chi connectivity index (χ2n) is 7.99. The summed E-state index contributed by atoms with van der Waals surface area (Å²) in [5.74, 6) is 0.598. The summed E-state index contributed by atoms with van der Waals surface area (Å²) in [5.41, 5.74) is 1.68. The molecule has 2 aromatic rings. The van der Waals surface area contributed by atoms with Gasteiger partial charge in [-0.1, -0.05) is 61.9 Å². The van der Waals surface area contributed by atoms with Crippen molar-refractivity contribution >= 4 is 11.9 Å². The van der Waals surface area contributed by atoms with Gasteiger partial charge in [-0.3, -0.25) is 9.69 Å². The van der Waals surface area contributed by atoms with Crippen molar-refractivity contribution in [3.05, 3.63) is 65.2 Å². The Labute approximate surface area is 171 Å². The quantitative estimate of drug-likeness (QED) is 0.704. The number of para-hydroxylation sites is 1. The van der Waals surface area contributed by atoms with Gasteiger partial charge in [0.05, 0.1) is 6.54 Å². The van der Waals surface area contributed by atoms with Crippen LogP contribution in [0.5, 0.6) is 5.75 Å². The van der Waals surface area contributed by atoms with Gasteiger partial charge in [0, 0.05) is 0 Å². The van der Waals surface area contributed by atoms with Crippen molar-refractivity contribution < 1.29 is 19.4 Å². The molecule has 0 aliphatic carbocycles. The zero-order valence-corrected chi connectivity index (χ0v) is 17.3. The zero-order valence-electron chi connectivity index (χ0n) is 17.3. The topological polar surface area (TPSA) is 78.9 Å². The first kappa shape index (κ1) is 20.9. The van der Waals surface area contributed by atoms with Crippen LogP contribution in [0.1, 0.15) is 43.4 Å². The van der Waals surface area contributed by atoms with E-state index >= 15 is 0 Å². The summed E-state index contributed by atoms with van der Waals surface area (Å²) in [6.45, 7) is 7.63. The van der Waals surface area contributed by atoms with Gasteiger partial charge in [-0.2, -0.15) is 0 Å². The van der Waals surface area contributed by atoms with Crippen LogP contribution in [0.3, 0.4) is 0 Å². The Kier molecular flexibility index (Phi) is 5.94. The van der Waals surface area contributed by atoms with Crippen LogP contribution in [-0.4, -0.2) is 41.2 Å². The summed E-state index contributed by atoms with van der Waals surface area (Å²) >= 11 is 0. The fourth-order valence-corrected chi connectivity index (χ4v) is 3.48. The van der Waals surface area contributed by atoms with Crippen molar-refractivity contribution in [3.63, 3.8) is 0 Å². The second-order valence-corrected chi connectivity index (χ2v) is 7.99. The predicted molar refractivity (Wildman–Crippen MR) is 111 cm³/mol. The van der Waals surface area contributed by atoms with E-state index in [1.165, 1.54) is 0 Å². The smallest absolute Gasteiger partial charge is 0.325 e. The maximum Gasteiger partial charge on any atom is 0.325 e. The number of benzene rings is 2. The average molecular weight is 396 g/mol. The Morgan fingerprint density at radius 1 is 1.10 bits per heavy atom. The molecule has 1 aliphatic rings. The minimum absolute atomic E-state index is 0.0119. The number of nitrogens with zero attached hydrogens (tertiary/aromatic N) is 1. The first-order chi connectivity index (χ1) is 13.7. The number of amides is 3. The zero-order chi connectivity index (χ0) is 21.2. The highest BCUT2D eigenvalue weighted by molar-refractivity contribution is 6.07. The summed E-state index contributed by atoms with van der Waals surface area (Å²) in [6.07, 6.45) is -0.995. The molecule has 2 N–H and O–H groups in total. The number of imide groups is 1. The number of nitrogens with one attached hydrogen (secondary N) is 1. The van der Waals surface area contributed by atoms with E-state index in [1.807, 2.05) is 55.5 Å². The standard InChI is InChI=1S/C23H28N2O4/c1-15(2)19-7-5-6-8-20(19)29-14-18(26)13-25-21(27)23(4,24-22(25)28)17-11-9-16(3)10-12-17/h5-12,15,18,26H,13-14H2,1-4H3,(H,24,28)/t18-,23+/m0/s1. The van der Waals surface area contributed by atoms with Crippen molar-refractivity contribution in [3.8, 4) is 5.75 Å². The highest BCUT2D eigenvalue weighted by Crippen LogP contribution is 2.29. The van der Waals surface area contributed by atoms with Crippen LogP contribution in [0.15, 0.2) is 48.5 Å². The van der Waals surface area contributed by atoms with Crippen LogP contribution in [-0.2, 0) is 10.3 Å². The SMILES string of the molecule is Cc1ccc([C@@]2(C)NC(=O)N(C[C@H](O)COc3ccccc3C(C)C)C2=O)cc1. The van der Waals surface area contributed by atoms with E-state index in [0.29, 0.717) is 11.3 Å². The van der Waals surface area contributed by atoms with Crippen LogP contribution in [0, 0.1) is 6.92 Å². The van der Waals surface area contributed by atoms with Crippen LogP contribution in [0.25, 0.3) is 0 Å². The first-order valence-electron chi connectivity index (χ1n) is 9.83. The van der Waals surface area contributed by atoms with Gasteiger partial charge in [0.2, 0.25) is 0 Å². The molecule has 3 rings (SSSR count). The highest BCUT2D eigenvalue weighted by Gasteiger charge is 2.49. The monoisotopic (exact) mass is 396 g/mol. The molecule has 0 unspecified atom stereocenters. The molecule has 0 aromatic heterocycles. The molecule has 0 radical (unpaired) electrons. The lowest BCUT2D eigenvalue weighted by Gasteiger charge is -2.23. The molecule has 0 bridgehead atoms. The van der Waals surface area contributed by atoms with Crippen LogP contribution >= 0.6 is 0 Å². The number of aliphatic hydroxyl groups is 1. The van der Waals surface area contributed by atoms with Crippen LogP contribution < -0.4 is 10.1 Å². The molecule has 154 valence electrons. The number of hydrogen-bond donors (Lipinski definition) is 2. The van der Waals surface area contributed by atoms with Crippen molar-refractivity contribution in [1.82, 2.24) is 10.2 Å². The molecule has 1 heterocycles. The number of rotatable bonds is 7. The number of urea groups is 1. The molecular weight excluding hydrogens is 368 g/mol. The van der Waals surface area contributed by atoms with E-state index in [-0.39, 0.29) is 25.0 Å². The summed E-state index contributed by atoms with van der Waals surface area (Å²) in [5, 5.41) is 13.2. The molecule has 2 atom stereocenters. The fourth-order valence-electron chi connectivity index (χ4n) is 3.48. The van der Waals surface area contributed by atoms with Crippen LogP contribution in [0.4, 0.5) is 4.79 Å². The Morgan fingerprint density at radius 3 is 2.41 bits per heavy atom. The van der Waals surface area contributed by atoms with Gasteiger partial charge >= 0.3 is 6.03 Å². The Morgan fingerprint density at radius 2 is 1.76 bits per heavy atom. The average Bonchev–Trinajstić information content (AvgIpc) is 2.91. The van der Waals surface area contributed by atoms with E-state index in [1.54, 1.807) is 6.92 Å².